The van der Waals surface area contributed by atoms with Gasteiger partial charge in [0.25, 0.3) is 5.56 Å². The van der Waals surface area contributed by atoms with Gasteiger partial charge in [-0.05, 0) is 41.5 Å². The van der Waals surface area contributed by atoms with E-state index in [4.69, 9.17) is 4.42 Å². The monoisotopic (exact) mass is 341 g/mol. The van der Waals surface area contributed by atoms with Gasteiger partial charge in [0.15, 0.2) is 5.89 Å². The van der Waals surface area contributed by atoms with Crippen molar-refractivity contribution in [2.45, 2.75) is 48.5 Å². The maximum Gasteiger partial charge on any atom is 0.254 e. The number of hydrogen-bond donors (Lipinski definition) is 1. The van der Waals surface area contributed by atoms with Gasteiger partial charge in [-0.3, -0.25) is 4.79 Å². The van der Waals surface area contributed by atoms with E-state index in [0.29, 0.717) is 11.4 Å². The first-order valence-corrected chi connectivity index (χ1v) is 8.15. The minimum atomic E-state index is -0.0370. The van der Waals surface area contributed by atoms with Gasteiger partial charge < -0.3 is 9.40 Å². The van der Waals surface area contributed by atoms with Crippen molar-refractivity contribution in [1.29, 1.82) is 0 Å². The predicted molar refractivity (Wildman–Crippen MR) is 101 cm³/mol. The molecule has 3 rings (SSSR count). The summed E-state index contributed by atoms with van der Waals surface area (Å²) in [5, 5.41) is 0. The smallest absolute Gasteiger partial charge is 0.254 e. The summed E-state index contributed by atoms with van der Waals surface area (Å²) in [7, 11) is 0. The van der Waals surface area contributed by atoms with Crippen molar-refractivity contribution >= 4 is 0 Å². The van der Waals surface area contributed by atoms with Crippen molar-refractivity contribution in [2.24, 2.45) is 0 Å². The molecule has 25 heavy (non-hydrogen) atoms. The summed E-state index contributed by atoms with van der Waals surface area (Å²) in [6.45, 7) is 13.3. The van der Waals surface area contributed by atoms with Crippen molar-refractivity contribution in [3.8, 4) is 0 Å². The van der Waals surface area contributed by atoms with E-state index in [-0.39, 0.29) is 5.56 Å². The van der Waals surface area contributed by atoms with Gasteiger partial charge in [-0.1, -0.05) is 35.4 Å². The van der Waals surface area contributed by atoms with Crippen LogP contribution in [0, 0.1) is 48.5 Å². The second kappa shape index (κ2) is 9.57. The highest BCUT2D eigenvalue weighted by Crippen LogP contribution is 1.99. The molecule has 1 aromatic carbocycles. The van der Waals surface area contributed by atoms with E-state index >= 15 is 0 Å². The molecule has 134 valence electrons. The van der Waals surface area contributed by atoms with E-state index in [1.54, 1.807) is 20.0 Å². The van der Waals surface area contributed by atoms with Gasteiger partial charge in [-0.25, -0.2) is 9.97 Å². The van der Waals surface area contributed by atoms with Crippen molar-refractivity contribution in [2.75, 3.05) is 0 Å². The largest absolute Gasteiger partial charge is 0.446 e. The minimum Gasteiger partial charge on any atom is -0.446 e. The van der Waals surface area contributed by atoms with Gasteiger partial charge in [-0.15, -0.1) is 0 Å². The number of aromatic amines is 1. The standard InChI is InChI=1S/C8H10.C7H10N2O.C5H7NO/c1-7-3-5-8(2)6-4-7;1-4-5(2)8-6(3)9-7(4)10;1-4-3-6-5(2)7-4/h3-6H,1-2H3;1-3H3,(H,8,9,10);3H,1-2H3. The second-order valence-electron chi connectivity index (χ2n) is 6.01. The summed E-state index contributed by atoms with van der Waals surface area (Å²) < 4.78 is 4.97. The van der Waals surface area contributed by atoms with Gasteiger partial charge >= 0.3 is 0 Å². The summed E-state index contributed by atoms with van der Waals surface area (Å²) in [6.07, 6.45) is 1.70. The maximum atomic E-state index is 11.0. The number of rotatable bonds is 0. The van der Waals surface area contributed by atoms with Crippen molar-refractivity contribution < 1.29 is 4.42 Å². The van der Waals surface area contributed by atoms with Crippen molar-refractivity contribution in [3.05, 3.63) is 80.7 Å². The molecule has 5 nitrogen and oxygen atoms in total. The molecule has 1 N–H and O–H groups in total. The highest BCUT2D eigenvalue weighted by molar-refractivity contribution is 5.19. The third kappa shape index (κ3) is 7.61. The van der Waals surface area contributed by atoms with Crippen molar-refractivity contribution in [1.82, 2.24) is 15.0 Å². The molecule has 0 spiro atoms. The molecule has 2 heterocycles. The molecule has 0 atom stereocenters. The molecule has 0 aliphatic heterocycles. The van der Waals surface area contributed by atoms with Crippen LogP contribution in [-0.4, -0.2) is 15.0 Å². The number of benzene rings is 1. The summed E-state index contributed by atoms with van der Waals surface area (Å²) in [5.74, 6) is 2.28. The van der Waals surface area contributed by atoms with E-state index in [1.807, 2.05) is 20.8 Å². The van der Waals surface area contributed by atoms with Crippen LogP contribution in [0.4, 0.5) is 0 Å². The number of hydrogen-bond acceptors (Lipinski definition) is 4. The van der Waals surface area contributed by atoms with Crippen LogP contribution in [0.2, 0.25) is 0 Å². The van der Waals surface area contributed by atoms with Crippen LogP contribution in [0.1, 0.15) is 39.9 Å². The Kier molecular flexibility index (Phi) is 7.79. The van der Waals surface area contributed by atoms with E-state index in [1.165, 1.54) is 11.1 Å². The fraction of sp³-hybridized carbons (Fsp3) is 0.350. The molecule has 0 saturated carbocycles. The number of oxazole rings is 1. The Morgan fingerprint density at radius 2 is 1.40 bits per heavy atom. The molecule has 0 saturated heterocycles. The summed E-state index contributed by atoms with van der Waals surface area (Å²) >= 11 is 0. The Labute approximate surface area is 149 Å². The van der Waals surface area contributed by atoms with Crippen LogP contribution in [-0.2, 0) is 0 Å². The van der Waals surface area contributed by atoms with E-state index in [0.717, 1.165) is 17.3 Å². The average molecular weight is 341 g/mol. The number of aromatic nitrogens is 3. The maximum absolute atomic E-state index is 11.0. The first kappa shape index (κ1) is 20.4. The molecule has 0 aliphatic rings. The zero-order chi connectivity index (χ0) is 19.0. The molecule has 0 bridgehead atoms. The van der Waals surface area contributed by atoms with E-state index in [2.05, 4.69) is 53.1 Å². The van der Waals surface area contributed by atoms with Gasteiger partial charge in [0.1, 0.15) is 11.6 Å². The van der Waals surface area contributed by atoms with Gasteiger partial charge in [0, 0.05) is 18.2 Å². The third-order valence-electron chi connectivity index (χ3n) is 3.47. The van der Waals surface area contributed by atoms with Crippen LogP contribution in [0.15, 0.2) is 39.7 Å². The van der Waals surface area contributed by atoms with Crippen LogP contribution in [0.25, 0.3) is 0 Å². The van der Waals surface area contributed by atoms with Crippen LogP contribution in [0.5, 0.6) is 0 Å². The summed E-state index contributed by atoms with van der Waals surface area (Å²) in [5.41, 5.74) is 4.13. The molecule has 0 unspecified atom stereocenters. The second-order valence-corrected chi connectivity index (χ2v) is 6.01. The number of aryl methyl sites for hydroxylation is 6. The molecule has 3 aromatic rings. The lowest BCUT2D eigenvalue weighted by Gasteiger charge is -1.97. The van der Waals surface area contributed by atoms with Gasteiger partial charge in [-0.2, -0.15) is 0 Å². The number of nitrogens with one attached hydrogen (secondary N) is 1. The lowest BCUT2D eigenvalue weighted by Crippen LogP contribution is -2.14. The lowest BCUT2D eigenvalue weighted by atomic mass is 10.2. The van der Waals surface area contributed by atoms with Crippen LogP contribution >= 0.6 is 0 Å². The quantitative estimate of drug-likeness (QED) is 0.662. The Bertz CT molecular complexity index is 809. The highest BCUT2D eigenvalue weighted by atomic mass is 16.3. The first-order valence-electron chi connectivity index (χ1n) is 8.15. The van der Waals surface area contributed by atoms with E-state index < -0.39 is 0 Å². The fourth-order valence-electron chi connectivity index (χ4n) is 1.89. The predicted octanol–water partition coefficient (Wildman–Crippen LogP) is 4.29. The first-order chi connectivity index (χ1) is 11.7. The molecule has 0 radical (unpaired) electrons. The SMILES string of the molecule is Cc1ccc(C)cc1.Cc1cnc(C)o1.Cc1nc(C)c(C)c(=O)[nH]1. The normalized spacial score (nSPS) is 9.56. The Balaban J connectivity index is 0.000000191. The minimum absolute atomic E-state index is 0.0370. The zero-order valence-corrected chi connectivity index (χ0v) is 16.1. The molecule has 0 fully saturated rings. The molecule has 5 heteroatoms. The fourth-order valence-corrected chi connectivity index (χ4v) is 1.89. The number of nitrogens with zero attached hydrogens (tertiary/aromatic N) is 2. The van der Waals surface area contributed by atoms with Crippen LogP contribution in [0.3, 0.4) is 0 Å². The third-order valence-corrected chi connectivity index (χ3v) is 3.47. The van der Waals surface area contributed by atoms with Crippen molar-refractivity contribution in [3.63, 3.8) is 0 Å². The number of H-pyrrole nitrogens is 1. The topological polar surface area (TPSA) is 71.8 Å². The highest BCUT2D eigenvalue weighted by Gasteiger charge is 1.98. The van der Waals surface area contributed by atoms with E-state index in [9.17, 15) is 4.79 Å². The molecule has 2 aromatic heterocycles. The Hall–Kier alpha value is -2.69. The average Bonchev–Trinajstić information content (AvgIpc) is 2.92. The molecular formula is C20H27N3O2. The Morgan fingerprint density at radius 1 is 0.880 bits per heavy atom. The van der Waals surface area contributed by atoms with Gasteiger partial charge in [0.2, 0.25) is 0 Å². The Morgan fingerprint density at radius 3 is 1.72 bits per heavy atom. The summed E-state index contributed by atoms with van der Waals surface area (Å²) in [6, 6.07) is 8.48. The molecule has 0 amide bonds. The molecular weight excluding hydrogens is 314 g/mol. The van der Waals surface area contributed by atoms with Crippen LogP contribution < -0.4 is 5.56 Å². The lowest BCUT2D eigenvalue weighted by molar-refractivity contribution is 0.494. The van der Waals surface area contributed by atoms with Gasteiger partial charge in [0.05, 0.1) is 6.20 Å². The zero-order valence-electron chi connectivity index (χ0n) is 16.1. The summed E-state index contributed by atoms with van der Waals surface area (Å²) in [4.78, 5) is 21.5. The molecule has 0 aliphatic carbocycles.